The van der Waals surface area contributed by atoms with Crippen molar-refractivity contribution >= 4 is 5.82 Å². The average Bonchev–Trinajstić information content (AvgIpc) is 2.29. The van der Waals surface area contributed by atoms with Gasteiger partial charge >= 0.3 is 0 Å². The molecule has 4 heteroatoms. The van der Waals surface area contributed by atoms with Gasteiger partial charge in [0.15, 0.2) is 0 Å². The molecule has 1 aliphatic rings. The van der Waals surface area contributed by atoms with E-state index in [2.05, 4.69) is 34.8 Å². The van der Waals surface area contributed by atoms with Crippen LogP contribution in [0.3, 0.4) is 0 Å². The fourth-order valence-corrected chi connectivity index (χ4v) is 2.29. The maximum absolute atomic E-state index is 5.96. The Bertz CT molecular complexity index is 353. The molecule has 0 aliphatic carbocycles. The molecule has 1 aliphatic heterocycles. The van der Waals surface area contributed by atoms with E-state index >= 15 is 0 Å². The van der Waals surface area contributed by atoms with Gasteiger partial charge in [-0.05, 0) is 26.2 Å². The predicted molar refractivity (Wildman–Crippen MR) is 65.4 cm³/mol. The van der Waals surface area contributed by atoms with Crippen molar-refractivity contribution in [1.29, 1.82) is 0 Å². The molecule has 0 amide bonds. The van der Waals surface area contributed by atoms with Crippen LogP contribution < -0.4 is 10.6 Å². The first-order chi connectivity index (χ1) is 7.70. The van der Waals surface area contributed by atoms with Crippen molar-refractivity contribution < 1.29 is 0 Å². The number of piperidine rings is 1. The third kappa shape index (κ3) is 2.32. The molecule has 0 bridgehead atoms. The van der Waals surface area contributed by atoms with E-state index in [4.69, 9.17) is 5.73 Å². The van der Waals surface area contributed by atoms with E-state index in [1.165, 1.54) is 0 Å². The van der Waals surface area contributed by atoms with E-state index < -0.39 is 0 Å². The number of rotatable bonds is 2. The van der Waals surface area contributed by atoms with E-state index in [0.717, 1.165) is 37.3 Å². The molecule has 0 radical (unpaired) electrons. The molecule has 16 heavy (non-hydrogen) atoms. The maximum Gasteiger partial charge on any atom is 0.132 e. The van der Waals surface area contributed by atoms with Crippen LogP contribution in [0.4, 0.5) is 5.82 Å². The second-order valence-electron chi connectivity index (χ2n) is 4.55. The summed E-state index contributed by atoms with van der Waals surface area (Å²) >= 11 is 0. The summed E-state index contributed by atoms with van der Waals surface area (Å²) < 4.78 is 0. The van der Waals surface area contributed by atoms with E-state index in [1.807, 2.05) is 0 Å². The molecule has 88 valence electrons. The molecule has 2 heterocycles. The van der Waals surface area contributed by atoms with Gasteiger partial charge in [0.05, 0.1) is 0 Å². The van der Waals surface area contributed by atoms with Crippen molar-refractivity contribution in [1.82, 2.24) is 9.97 Å². The number of aromatic nitrogens is 2. The molecule has 2 atom stereocenters. The standard InChI is InChI=1S/C12H20N4/c1-3-11-7-12(15-8-14-11)16-5-4-10(13)6-9(16)2/h7-10H,3-6,13H2,1-2H3. The molecule has 1 aromatic heterocycles. The highest BCUT2D eigenvalue weighted by atomic mass is 15.2. The van der Waals surface area contributed by atoms with E-state index in [1.54, 1.807) is 6.33 Å². The SMILES string of the molecule is CCc1cc(N2CCC(N)CC2C)ncn1. The summed E-state index contributed by atoms with van der Waals surface area (Å²) in [6.45, 7) is 5.33. The summed E-state index contributed by atoms with van der Waals surface area (Å²) in [6.07, 6.45) is 4.72. The number of nitrogens with two attached hydrogens (primary N) is 1. The second kappa shape index (κ2) is 4.78. The first-order valence-electron chi connectivity index (χ1n) is 6.04. The quantitative estimate of drug-likeness (QED) is 0.817. The molecule has 1 saturated heterocycles. The minimum absolute atomic E-state index is 0.346. The average molecular weight is 220 g/mol. The fourth-order valence-electron chi connectivity index (χ4n) is 2.29. The number of hydrogen-bond acceptors (Lipinski definition) is 4. The highest BCUT2D eigenvalue weighted by molar-refractivity contribution is 5.40. The summed E-state index contributed by atoms with van der Waals surface area (Å²) in [5.74, 6) is 1.05. The van der Waals surface area contributed by atoms with Crippen molar-refractivity contribution in [2.45, 2.75) is 45.2 Å². The fraction of sp³-hybridized carbons (Fsp3) is 0.667. The Morgan fingerprint density at radius 2 is 2.31 bits per heavy atom. The number of hydrogen-bond donors (Lipinski definition) is 1. The summed E-state index contributed by atoms with van der Waals surface area (Å²) in [4.78, 5) is 10.9. The zero-order valence-corrected chi connectivity index (χ0v) is 10.1. The molecule has 0 spiro atoms. The van der Waals surface area contributed by atoms with Crippen molar-refractivity contribution in [2.24, 2.45) is 5.73 Å². The summed E-state index contributed by atoms with van der Waals surface area (Å²) in [7, 11) is 0. The number of anilines is 1. The summed E-state index contributed by atoms with van der Waals surface area (Å²) in [6, 6.07) is 2.91. The zero-order chi connectivity index (χ0) is 11.5. The molecule has 2 rings (SSSR count). The molecular weight excluding hydrogens is 200 g/mol. The Kier molecular flexibility index (Phi) is 3.39. The lowest BCUT2D eigenvalue weighted by molar-refractivity contribution is 0.427. The molecule has 0 saturated carbocycles. The Balaban J connectivity index is 2.16. The van der Waals surface area contributed by atoms with Gasteiger partial charge in [-0.15, -0.1) is 0 Å². The summed E-state index contributed by atoms with van der Waals surface area (Å²) in [5.41, 5.74) is 7.07. The van der Waals surface area contributed by atoms with Gasteiger partial charge in [-0.3, -0.25) is 0 Å². The zero-order valence-electron chi connectivity index (χ0n) is 10.1. The Morgan fingerprint density at radius 1 is 1.50 bits per heavy atom. The first-order valence-corrected chi connectivity index (χ1v) is 6.04. The normalized spacial score (nSPS) is 25.8. The smallest absolute Gasteiger partial charge is 0.132 e. The van der Waals surface area contributed by atoms with Gasteiger partial charge in [-0.1, -0.05) is 6.92 Å². The Morgan fingerprint density at radius 3 is 3.00 bits per heavy atom. The first kappa shape index (κ1) is 11.3. The topological polar surface area (TPSA) is 55.0 Å². The van der Waals surface area contributed by atoms with Crippen LogP contribution in [0.15, 0.2) is 12.4 Å². The van der Waals surface area contributed by atoms with E-state index in [0.29, 0.717) is 12.1 Å². The second-order valence-corrected chi connectivity index (χ2v) is 4.55. The van der Waals surface area contributed by atoms with Gasteiger partial charge in [0.2, 0.25) is 0 Å². The number of aryl methyl sites for hydroxylation is 1. The highest BCUT2D eigenvalue weighted by Gasteiger charge is 2.24. The van der Waals surface area contributed by atoms with Crippen LogP contribution in [0.2, 0.25) is 0 Å². The van der Waals surface area contributed by atoms with Gasteiger partial charge in [0.25, 0.3) is 0 Å². The molecule has 2 unspecified atom stereocenters. The van der Waals surface area contributed by atoms with Crippen LogP contribution in [-0.4, -0.2) is 28.6 Å². The van der Waals surface area contributed by atoms with Crippen molar-refractivity contribution in [3.63, 3.8) is 0 Å². The van der Waals surface area contributed by atoms with E-state index in [-0.39, 0.29) is 0 Å². The molecule has 0 aromatic carbocycles. The molecule has 1 fully saturated rings. The predicted octanol–water partition coefficient (Wildman–Crippen LogP) is 1.36. The van der Waals surface area contributed by atoms with Gasteiger partial charge in [-0.25, -0.2) is 9.97 Å². The van der Waals surface area contributed by atoms with Gasteiger partial charge < -0.3 is 10.6 Å². The van der Waals surface area contributed by atoms with Crippen LogP contribution >= 0.6 is 0 Å². The molecule has 2 N–H and O–H groups in total. The Labute approximate surface area is 96.9 Å². The maximum atomic E-state index is 5.96. The van der Waals surface area contributed by atoms with Crippen LogP contribution in [0.5, 0.6) is 0 Å². The number of nitrogens with zero attached hydrogens (tertiary/aromatic N) is 3. The molecular formula is C12H20N4. The Hall–Kier alpha value is -1.16. The van der Waals surface area contributed by atoms with Crippen LogP contribution in [0, 0.1) is 0 Å². The van der Waals surface area contributed by atoms with Crippen molar-refractivity contribution in [2.75, 3.05) is 11.4 Å². The lowest BCUT2D eigenvalue weighted by Crippen LogP contribution is -2.46. The van der Waals surface area contributed by atoms with E-state index in [9.17, 15) is 0 Å². The summed E-state index contributed by atoms with van der Waals surface area (Å²) in [5, 5.41) is 0. The monoisotopic (exact) mass is 220 g/mol. The van der Waals surface area contributed by atoms with Crippen LogP contribution in [0.1, 0.15) is 32.4 Å². The van der Waals surface area contributed by atoms with Gasteiger partial charge in [0, 0.05) is 30.4 Å². The third-order valence-electron chi connectivity index (χ3n) is 3.28. The lowest BCUT2D eigenvalue weighted by atomic mass is 9.99. The lowest BCUT2D eigenvalue weighted by Gasteiger charge is -2.37. The molecule has 1 aromatic rings. The largest absolute Gasteiger partial charge is 0.354 e. The third-order valence-corrected chi connectivity index (χ3v) is 3.28. The van der Waals surface area contributed by atoms with Crippen LogP contribution in [-0.2, 0) is 6.42 Å². The van der Waals surface area contributed by atoms with Gasteiger partial charge in [0.1, 0.15) is 12.1 Å². The molecule has 4 nitrogen and oxygen atoms in total. The van der Waals surface area contributed by atoms with Crippen LogP contribution in [0.25, 0.3) is 0 Å². The minimum Gasteiger partial charge on any atom is -0.354 e. The van der Waals surface area contributed by atoms with Gasteiger partial charge in [-0.2, -0.15) is 0 Å². The van der Waals surface area contributed by atoms with Crippen molar-refractivity contribution in [3.8, 4) is 0 Å². The highest BCUT2D eigenvalue weighted by Crippen LogP contribution is 2.22. The van der Waals surface area contributed by atoms with Crippen molar-refractivity contribution in [3.05, 3.63) is 18.1 Å². The minimum atomic E-state index is 0.346.